The van der Waals surface area contributed by atoms with Crippen molar-refractivity contribution in [1.82, 2.24) is 9.97 Å². The van der Waals surface area contributed by atoms with E-state index in [9.17, 15) is 0 Å². The molecule has 5 heteroatoms. The maximum absolute atomic E-state index is 5.92. The van der Waals surface area contributed by atoms with Gasteiger partial charge in [0.1, 0.15) is 11.0 Å². The van der Waals surface area contributed by atoms with E-state index < -0.39 is 0 Å². The molecule has 4 nitrogen and oxygen atoms in total. The van der Waals surface area contributed by atoms with Crippen LogP contribution in [-0.2, 0) is 0 Å². The molecule has 2 N–H and O–H groups in total. The molecule has 0 aliphatic carbocycles. The molecule has 100 valence electrons. The van der Waals surface area contributed by atoms with E-state index in [1.807, 2.05) is 0 Å². The Labute approximate surface area is 114 Å². The van der Waals surface area contributed by atoms with Crippen LogP contribution in [0.3, 0.4) is 0 Å². The molecule has 1 fully saturated rings. The number of nitrogens with two attached hydrogens (primary N) is 1. The topological polar surface area (TPSA) is 55.0 Å². The highest BCUT2D eigenvalue weighted by Crippen LogP contribution is 2.31. The van der Waals surface area contributed by atoms with Gasteiger partial charge in [0.25, 0.3) is 0 Å². The van der Waals surface area contributed by atoms with E-state index in [0.29, 0.717) is 5.15 Å². The summed E-state index contributed by atoms with van der Waals surface area (Å²) in [5.41, 5.74) is 5.64. The first-order valence-corrected chi connectivity index (χ1v) is 7.06. The summed E-state index contributed by atoms with van der Waals surface area (Å²) in [4.78, 5) is 10.4. The molecule has 1 aliphatic rings. The van der Waals surface area contributed by atoms with Crippen LogP contribution in [0.5, 0.6) is 0 Å². The van der Waals surface area contributed by atoms with Crippen LogP contribution in [0.4, 0.5) is 11.8 Å². The van der Waals surface area contributed by atoms with E-state index in [1.54, 1.807) is 6.07 Å². The fourth-order valence-electron chi connectivity index (χ4n) is 2.92. The van der Waals surface area contributed by atoms with Crippen LogP contribution in [0.15, 0.2) is 6.07 Å². The van der Waals surface area contributed by atoms with E-state index in [1.165, 1.54) is 19.3 Å². The molecule has 1 atom stereocenters. The number of nitrogen functional groups attached to an aromatic ring is 1. The molecule has 1 aromatic heterocycles. The highest BCUT2D eigenvalue weighted by molar-refractivity contribution is 6.29. The van der Waals surface area contributed by atoms with E-state index in [4.69, 9.17) is 17.3 Å². The Bertz CT molecular complexity index is 386. The van der Waals surface area contributed by atoms with Crippen molar-refractivity contribution in [3.63, 3.8) is 0 Å². The van der Waals surface area contributed by atoms with Gasteiger partial charge in [-0.3, -0.25) is 0 Å². The minimum Gasteiger partial charge on any atom is -0.368 e. The first-order valence-electron chi connectivity index (χ1n) is 6.69. The van der Waals surface area contributed by atoms with Crippen LogP contribution in [0.2, 0.25) is 5.15 Å². The Hall–Kier alpha value is -1.03. The third kappa shape index (κ3) is 2.86. The van der Waals surface area contributed by atoms with Crippen molar-refractivity contribution in [3.05, 3.63) is 11.2 Å². The lowest BCUT2D eigenvalue weighted by molar-refractivity contribution is 0.339. The second kappa shape index (κ2) is 5.74. The molecule has 0 aromatic carbocycles. The molecule has 0 radical (unpaired) electrons. The summed E-state index contributed by atoms with van der Waals surface area (Å²) in [6.07, 6.45) is 3.73. The smallest absolute Gasteiger partial charge is 0.223 e. The van der Waals surface area contributed by atoms with Gasteiger partial charge in [0.15, 0.2) is 0 Å². The third-order valence-electron chi connectivity index (χ3n) is 3.96. The lowest BCUT2D eigenvalue weighted by Gasteiger charge is -2.22. The van der Waals surface area contributed by atoms with Crippen molar-refractivity contribution >= 4 is 23.4 Å². The van der Waals surface area contributed by atoms with Crippen LogP contribution < -0.4 is 10.6 Å². The van der Waals surface area contributed by atoms with E-state index in [2.05, 4.69) is 28.7 Å². The molecular weight excluding hydrogens is 248 g/mol. The van der Waals surface area contributed by atoms with Crippen LogP contribution >= 0.6 is 11.6 Å². The Morgan fingerprint density at radius 3 is 2.78 bits per heavy atom. The molecular formula is C13H21ClN4. The molecule has 1 aromatic rings. The Balaban J connectivity index is 2.08. The van der Waals surface area contributed by atoms with Gasteiger partial charge in [-0.1, -0.05) is 38.3 Å². The van der Waals surface area contributed by atoms with Gasteiger partial charge in [-0.2, -0.15) is 4.98 Å². The van der Waals surface area contributed by atoms with Crippen molar-refractivity contribution < 1.29 is 0 Å². The van der Waals surface area contributed by atoms with Gasteiger partial charge in [-0.15, -0.1) is 0 Å². The van der Waals surface area contributed by atoms with Crippen LogP contribution in [0.25, 0.3) is 0 Å². The summed E-state index contributed by atoms with van der Waals surface area (Å²) in [7, 11) is 0. The largest absolute Gasteiger partial charge is 0.368 e. The molecule has 2 rings (SSSR count). The van der Waals surface area contributed by atoms with E-state index >= 15 is 0 Å². The number of aromatic nitrogens is 2. The first kappa shape index (κ1) is 13.4. The predicted molar refractivity (Wildman–Crippen MR) is 75.8 cm³/mol. The highest BCUT2D eigenvalue weighted by Gasteiger charge is 2.28. The number of rotatable bonds is 4. The fourth-order valence-corrected chi connectivity index (χ4v) is 3.10. The summed E-state index contributed by atoms with van der Waals surface area (Å²) in [6.45, 7) is 6.64. The number of hydrogen-bond donors (Lipinski definition) is 1. The molecule has 0 spiro atoms. The monoisotopic (exact) mass is 268 g/mol. The van der Waals surface area contributed by atoms with Crippen LogP contribution in [-0.4, -0.2) is 23.1 Å². The molecule has 1 aliphatic heterocycles. The standard InChI is InChI=1S/C13H21ClN4/c1-3-9(4-2)10-5-6-18(8-10)12-7-11(14)16-13(15)17-12/h7,9-10H,3-6,8H2,1-2H3,(H2,15,16,17). The Morgan fingerprint density at radius 1 is 1.44 bits per heavy atom. The maximum atomic E-state index is 5.92. The molecule has 0 bridgehead atoms. The zero-order valence-corrected chi connectivity index (χ0v) is 11.8. The summed E-state index contributed by atoms with van der Waals surface area (Å²) in [5.74, 6) is 2.68. The first-order chi connectivity index (χ1) is 8.63. The Kier molecular flexibility index (Phi) is 4.27. The third-order valence-corrected chi connectivity index (χ3v) is 4.16. The van der Waals surface area contributed by atoms with Gasteiger partial charge in [0.05, 0.1) is 0 Å². The SMILES string of the molecule is CCC(CC)C1CCN(c2cc(Cl)nc(N)n2)C1. The lowest BCUT2D eigenvalue weighted by atomic mass is 9.87. The van der Waals surface area contributed by atoms with Gasteiger partial charge < -0.3 is 10.6 Å². The van der Waals surface area contributed by atoms with E-state index in [0.717, 1.165) is 30.7 Å². The van der Waals surface area contributed by atoms with Gasteiger partial charge in [-0.25, -0.2) is 4.98 Å². The molecule has 18 heavy (non-hydrogen) atoms. The zero-order chi connectivity index (χ0) is 13.1. The fraction of sp³-hybridized carbons (Fsp3) is 0.692. The number of hydrogen-bond acceptors (Lipinski definition) is 4. The molecule has 1 saturated heterocycles. The van der Waals surface area contributed by atoms with Crippen LogP contribution in [0, 0.1) is 11.8 Å². The minimum atomic E-state index is 0.253. The average Bonchev–Trinajstić information content (AvgIpc) is 2.79. The normalized spacial score (nSPS) is 19.8. The summed E-state index contributed by atoms with van der Waals surface area (Å²) in [6, 6.07) is 1.80. The lowest BCUT2D eigenvalue weighted by Crippen LogP contribution is -2.23. The average molecular weight is 269 g/mol. The number of anilines is 2. The van der Waals surface area contributed by atoms with E-state index in [-0.39, 0.29) is 5.95 Å². The second-order valence-electron chi connectivity index (χ2n) is 4.98. The van der Waals surface area contributed by atoms with Gasteiger partial charge in [-0.05, 0) is 18.3 Å². The highest BCUT2D eigenvalue weighted by atomic mass is 35.5. The van der Waals surface area contributed by atoms with Crippen molar-refractivity contribution in [2.24, 2.45) is 11.8 Å². The summed E-state index contributed by atoms with van der Waals surface area (Å²) in [5, 5.41) is 0.420. The maximum Gasteiger partial charge on any atom is 0.223 e. The van der Waals surface area contributed by atoms with Crippen molar-refractivity contribution in [1.29, 1.82) is 0 Å². The predicted octanol–water partition coefficient (Wildman–Crippen LogP) is 2.97. The molecule has 0 saturated carbocycles. The van der Waals surface area contributed by atoms with Gasteiger partial charge in [0.2, 0.25) is 5.95 Å². The minimum absolute atomic E-state index is 0.253. The van der Waals surface area contributed by atoms with Gasteiger partial charge >= 0.3 is 0 Å². The van der Waals surface area contributed by atoms with Crippen molar-refractivity contribution in [2.75, 3.05) is 23.7 Å². The number of nitrogens with zero attached hydrogens (tertiary/aromatic N) is 3. The van der Waals surface area contributed by atoms with Gasteiger partial charge in [0, 0.05) is 19.2 Å². The summed E-state index contributed by atoms with van der Waals surface area (Å²) < 4.78 is 0. The van der Waals surface area contributed by atoms with Crippen molar-refractivity contribution in [2.45, 2.75) is 33.1 Å². The van der Waals surface area contributed by atoms with Crippen LogP contribution in [0.1, 0.15) is 33.1 Å². The molecule has 2 heterocycles. The number of halogens is 1. The summed E-state index contributed by atoms with van der Waals surface area (Å²) >= 11 is 5.92. The Morgan fingerprint density at radius 2 is 2.17 bits per heavy atom. The molecule has 0 amide bonds. The molecule has 1 unspecified atom stereocenters. The zero-order valence-electron chi connectivity index (χ0n) is 11.1. The van der Waals surface area contributed by atoms with Crippen molar-refractivity contribution in [3.8, 4) is 0 Å². The quantitative estimate of drug-likeness (QED) is 0.853. The second-order valence-corrected chi connectivity index (χ2v) is 5.37.